The molecule has 0 amide bonds. The topological polar surface area (TPSA) is 22.8 Å². The number of fused-ring (bicyclic) bond motifs is 10. The summed E-state index contributed by atoms with van der Waals surface area (Å²) in [5.41, 5.74) is 10.7. The molecule has 3 heteroatoms. The van der Waals surface area contributed by atoms with Crippen LogP contribution < -0.4 is 0 Å². The van der Waals surface area contributed by atoms with Crippen molar-refractivity contribution in [2.45, 2.75) is 13.8 Å². The Bertz CT molecular complexity index is 2960. The molecule has 0 bridgehead atoms. The van der Waals surface area contributed by atoms with Crippen molar-refractivity contribution < 1.29 is 0 Å². The minimum Gasteiger partial charge on any atom is -0.313 e. The molecule has 10 aromatic rings. The molecule has 7 aromatic carbocycles. The summed E-state index contributed by atoms with van der Waals surface area (Å²) in [6.45, 7) is 4.35. The predicted octanol–water partition coefficient (Wildman–Crippen LogP) is 12.6. The lowest BCUT2D eigenvalue weighted by Crippen LogP contribution is -1.97. The van der Waals surface area contributed by atoms with Gasteiger partial charge in [-0.1, -0.05) is 109 Å². The Morgan fingerprint density at radius 3 is 1.62 bits per heavy atom. The van der Waals surface area contributed by atoms with Gasteiger partial charge in [0.2, 0.25) is 0 Å². The van der Waals surface area contributed by atoms with Gasteiger partial charge < -0.3 is 9.13 Å². The summed E-state index contributed by atoms with van der Waals surface area (Å²) >= 11 is 0. The van der Waals surface area contributed by atoms with Crippen molar-refractivity contribution in [2.75, 3.05) is 0 Å². The second-order valence-corrected chi connectivity index (χ2v) is 13.2. The lowest BCUT2D eigenvalue weighted by molar-refractivity contribution is 1.05. The van der Waals surface area contributed by atoms with Crippen LogP contribution in [-0.2, 0) is 0 Å². The van der Waals surface area contributed by atoms with Gasteiger partial charge in [-0.2, -0.15) is 0 Å². The van der Waals surface area contributed by atoms with Gasteiger partial charge in [0.1, 0.15) is 0 Å². The number of hydrogen-bond donors (Lipinski definition) is 0. The van der Waals surface area contributed by atoms with E-state index in [-0.39, 0.29) is 0 Å². The molecule has 0 aliphatic heterocycles. The van der Waals surface area contributed by atoms with Crippen LogP contribution in [-0.4, -0.2) is 14.1 Å². The molecule has 0 spiro atoms. The number of nitrogens with zero attached hydrogens (tertiary/aromatic N) is 3. The zero-order valence-corrected chi connectivity index (χ0v) is 27.9. The van der Waals surface area contributed by atoms with Crippen molar-refractivity contribution in [3.8, 4) is 22.5 Å². The van der Waals surface area contributed by atoms with Gasteiger partial charge >= 0.3 is 0 Å². The average molecular weight is 640 g/mol. The van der Waals surface area contributed by atoms with E-state index in [0.29, 0.717) is 0 Å². The summed E-state index contributed by atoms with van der Waals surface area (Å²) in [6, 6.07) is 51.3. The van der Waals surface area contributed by atoms with Crippen LogP contribution in [0.4, 0.5) is 0 Å². The van der Waals surface area contributed by atoms with Gasteiger partial charge in [0.05, 0.1) is 16.6 Å². The van der Waals surface area contributed by atoms with Crippen LogP contribution in [0.5, 0.6) is 0 Å². The maximum absolute atomic E-state index is 4.29. The fourth-order valence-electron chi connectivity index (χ4n) is 8.29. The van der Waals surface area contributed by atoms with E-state index in [1.54, 1.807) is 0 Å². The second kappa shape index (κ2) is 11.0. The molecule has 0 aliphatic rings. The molecule has 0 saturated heterocycles. The maximum Gasteiger partial charge on any atom is 0.0547 e. The highest BCUT2D eigenvalue weighted by atomic mass is 15.0. The zero-order valence-electron chi connectivity index (χ0n) is 27.9. The fourth-order valence-corrected chi connectivity index (χ4v) is 8.29. The molecule has 0 aliphatic carbocycles. The highest BCUT2D eigenvalue weighted by Gasteiger charge is 2.18. The monoisotopic (exact) mass is 639 g/mol. The molecule has 3 nitrogen and oxygen atoms in total. The number of rotatable bonds is 4. The average Bonchev–Trinajstić information content (AvgIpc) is 3.65. The van der Waals surface area contributed by atoms with Gasteiger partial charge in [-0.15, -0.1) is 0 Å². The fraction of sp³-hybridized carbons (Fsp3) is 0.0426. The van der Waals surface area contributed by atoms with Crippen LogP contribution in [0.25, 0.3) is 93.6 Å². The van der Waals surface area contributed by atoms with Crippen molar-refractivity contribution in [1.82, 2.24) is 14.1 Å². The Morgan fingerprint density at radius 2 is 0.960 bits per heavy atom. The summed E-state index contributed by atoms with van der Waals surface area (Å²) in [5, 5.41) is 11.5. The summed E-state index contributed by atoms with van der Waals surface area (Å²) in [6.07, 6.45) is 8.12. The number of para-hydroxylation sites is 1. The zero-order chi connectivity index (χ0) is 33.3. The van der Waals surface area contributed by atoms with Crippen molar-refractivity contribution in [1.29, 1.82) is 0 Å². The van der Waals surface area contributed by atoms with Crippen LogP contribution in [0.1, 0.15) is 18.2 Å². The van der Waals surface area contributed by atoms with Crippen LogP contribution in [0.2, 0.25) is 0 Å². The molecule has 0 radical (unpaired) electrons. The first-order valence-corrected chi connectivity index (χ1v) is 17.2. The highest BCUT2D eigenvalue weighted by Crippen LogP contribution is 2.40. The van der Waals surface area contributed by atoms with Crippen molar-refractivity contribution in [2.24, 2.45) is 0 Å². The third-order valence-electron chi connectivity index (χ3n) is 10.5. The number of pyridine rings is 1. The van der Waals surface area contributed by atoms with Crippen molar-refractivity contribution in [3.63, 3.8) is 0 Å². The third-order valence-corrected chi connectivity index (χ3v) is 10.5. The smallest absolute Gasteiger partial charge is 0.0547 e. The van der Waals surface area contributed by atoms with E-state index < -0.39 is 0 Å². The summed E-state index contributed by atoms with van der Waals surface area (Å²) in [4.78, 5) is 4.29. The summed E-state index contributed by atoms with van der Waals surface area (Å²) in [7, 11) is 0. The predicted molar refractivity (Wildman–Crippen MR) is 213 cm³/mol. The van der Waals surface area contributed by atoms with Gasteiger partial charge in [0.25, 0.3) is 0 Å². The van der Waals surface area contributed by atoms with E-state index in [4.69, 9.17) is 0 Å². The first-order chi connectivity index (χ1) is 24.7. The quantitative estimate of drug-likeness (QED) is 0.176. The lowest BCUT2D eigenvalue weighted by Gasteiger charge is -2.14. The van der Waals surface area contributed by atoms with Gasteiger partial charge in [-0.3, -0.25) is 4.98 Å². The van der Waals surface area contributed by atoms with E-state index in [1.165, 1.54) is 93.1 Å². The van der Waals surface area contributed by atoms with Crippen molar-refractivity contribution >= 4 is 71.1 Å². The van der Waals surface area contributed by atoms with Crippen LogP contribution in [0.3, 0.4) is 0 Å². The molecule has 50 heavy (non-hydrogen) atoms. The van der Waals surface area contributed by atoms with Gasteiger partial charge in [-0.05, 0) is 99.8 Å². The SMILES string of the molecule is C/C=C\c1c(C)n(-c2ccc3c4ccccc4c4ccccc4c3c2)c2cc(-c3ccc4c5ccccc5n(-c5ccncc5)c4c3)ccc12. The molecule has 10 rings (SSSR count). The number of allylic oxidation sites excluding steroid dienone is 1. The second-order valence-electron chi connectivity index (χ2n) is 13.2. The van der Waals surface area contributed by atoms with Gasteiger partial charge in [0, 0.05) is 51.2 Å². The lowest BCUT2D eigenvalue weighted by atomic mass is 9.94. The van der Waals surface area contributed by atoms with Gasteiger partial charge in [-0.25, -0.2) is 0 Å². The molecule has 0 saturated carbocycles. The van der Waals surface area contributed by atoms with Gasteiger partial charge in [0.15, 0.2) is 0 Å². The summed E-state index contributed by atoms with van der Waals surface area (Å²) in [5.74, 6) is 0. The first kappa shape index (κ1) is 28.6. The Kier molecular flexibility index (Phi) is 6.31. The summed E-state index contributed by atoms with van der Waals surface area (Å²) < 4.78 is 4.80. The van der Waals surface area contributed by atoms with E-state index in [2.05, 4.69) is 180 Å². The Hall–Kier alpha value is -6.45. The van der Waals surface area contributed by atoms with Crippen molar-refractivity contribution in [3.05, 3.63) is 169 Å². The molecule has 3 heterocycles. The Balaban J connectivity index is 1.22. The minimum absolute atomic E-state index is 1.11. The number of benzene rings is 7. The van der Waals surface area contributed by atoms with E-state index in [9.17, 15) is 0 Å². The standard InChI is InChI=1S/C47H33N3/c1-3-10-35-30(2)49(34-19-22-40-38-13-5-4-11-36(38)37-12-6-7-14-39(37)44(40)29-34)46-27-31(17-20-42(35)46)32-18-21-43-41-15-8-9-16-45(41)50(47(43)28-32)33-23-25-48-26-24-33/h3-29H,1-2H3/b10-3-. The normalized spacial score (nSPS) is 12.1. The third kappa shape index (κ3) is 4.13. The molecule has 0 N–H and O–H groups in total. The molecule has 0 fully saturated rings. The number of hydrogen-bond acceptors (Lipinski definition) is 1. The largest absolute Gasteiger partial charge is 0.313 e. The van der Waals surface area contributed by atoms with Crippen LogP contribution in [0, 0.1) is 6.92 Å². The minimum atomic E-state index is 1.11. The van der Waals surface area contributed by atoms with Crippen LogP contribution in [0.15, 0.2) is 158 Å². The van der Waals surface area contributed by atoms with Crippen LogP contribution >= 0.6 is 0 Å². The van der Waals surface area contributed by atoms with E-state index in [0.717, 1.165) is 5.69 Å². The molecule has 236 valence electrons. The first-order valence-electron chi connectivity index (χ1n) is 17.2. The molecule has 3 aromatic heterocycles. The molecule has 0 unspecified atom stereocenters. The number of aromatic nitrogens is 3. The highest BCUT2D eigenvalue weighted by molar-refractivity contribution is 6.25. The Morgan fingerprint density at radius 1 is 0.440 bits per heavy atom. The molecule has 0 atom stereocenters. The van der Waals surface area contributed by atoms with E-state index in [1.807, 2.05) is 12.4 Å². The Labute approximate surface area is 290 Å². The van der Waals surface area contributed by atoms with E-state index >= 15 is 0 Å². The molecular weight excluding hydrogens is 607 g/mol. The molecular formula is C47H33N3. The maximum atomic E-state index is 4.29.